The summed E-state index contributed by atoms with van der Waals surface area (Å²) >= 11 is 0. The molecule has 4 rings (SSSR count). The summed E-state index contributed by atoms with van der Waals surface area (Å²) in [6, 6.07) is 25.2. The second-order valence-corrected chi connectivity index (χ2v) is 8.62. The molecule has 0 bridgehead atoms. The number of hydrogen-bond donors (Lipinski definition) is 1. The van der Waals surface area contributed by atoms with Crippen LogP contribution >= 0.6 is 0 Å². The van der Waals surface area contributed by atoms with Gasteiger partial charge in [0.1, 0.15) is 11.6 Å². The first kappa shape index (κ1) is 18.4. The van der Waals surface area contributed by atoms with Gasteiger partial charge in [-0.3, -0.25) is 0 Å². The molecule has 0 radical (unpaired) electrons. The maximum absolute atomic E-state index is 12.9. The lowest BCUT2D eigenvalue weighted by Crippen LogP contribution is -2.15. The molecule has 0 aliphatic rings. The summed E-state index contributed by atoms with van der Waals surface area (Å²) in [5, 5.41) is 10.7. The SMILES string of the molecule is O=S(=O)(Cc1nc2ccccc2n1CC(O)c1ccccc1)c1ccccc1. The van der Waals surface area contributed by atoms with Gasteiger partial charge in [0.2, 0.25) is 0 Å². The van der Waals surface area contributed by atoms with Gasteiger partial charge in [0.25, 0.3) is 0 Å². The van der Waals surface area contributed by atoms with Crippen molar-refractivity contribution in [3.63, 3.8) is 0 Å². The summed E-state index contributed by atoms with van der Waals surface area (Å²) in [7, 11) is -3.55. The van der Waals surface area contributed by atoms with Crippen LogP contribution in [0.2, 0.25) is 0 Å². The molecule has 3 aromatic carbocycles. The molecule has 1 unspecified atom stereocenters. The molecule has 1 N–H and O–H groups in total. The number of aliphatic hydroxyl groups excluding tert-OH is 1. The number of para-hydroxylation sites is 2. The number of nitrogens with zero attached hydrogens (tertiary/aromatic N) is 2. The molecule has 0 saturated carbocycles. The molecule has 0 spiro atoms. The van der Waals surface area contributed by atoms with E-state index in [2.05, 4.69) is 4.98 Å². The first-order valence-corrected chi connectivity index (χ1v) is 10.6. The average Bonchev–Trinajstić information content (AvgIpc) is 3.06. The van der Waals surface area contributed by atoms with Crippen molar-refractivity contribution in [1.29, 1.82) is 0 Å². The minimum Gasteiger partial charge on any atom is -0.387 e. The molecular weight excluding hydrogens is 372 g/mol. The zero-order valence-corrected chi connectivity index (χ0v) is 16.0. The highest BCUT2D eigenvalue weighted by atomic mass is 32.2. The Morgan fingerprint density at radius 3 is 2.18 bits per heavy atom. The molecule has 1 aromatic heterocycles. The number of fused-ring (bicyclic) bond motifs is 1. The van der Waals surface area contributed by atoms with Crippen LogP contribution in [-0.2, 0) is 22.1 Å². The van der Waals surface area contributed by atoms with Gasteiger partial charge in [0.15, 0.2) is 9.84 Å². The van der Waals surface area contributed by atoms with Crippen molar-refractivity contribution in [2.75, 3.05) is 0 Å². The fraction of sp³-hybridized carbons (Fsp3) is 0.136. The van der Waals surface area contributed by atoms with Crippen molar-refractivity contribution in [3.8, 4) is 0 Å². The van der Waals surface area contributed by atoms with Gasteiger partial charge in [-0.25, -0.2) is 13.4 Å². The Kier molecular flexibility index (Phi) is 4.98. The van der Waals surface area contributed by atoms with E-state index < -0.39 is 15.9 Å². The van der Waals surface area contributed by atoms with E-state index >= 15 is 0 Å². The van der Waals surface area contributed by atoms with Crippen LogP contribution in [0.15, 0.2) is 89.8 Å². The molecule has 0 aliphatic heterocycles. The molecule has 6 heteroatoms. The number of benzene rings is 3. The van der Waals surface area contributed by atoms with Gasteiger partial charge >= 0.3 is 0 Å². The topological polar surface area (TPSA) is 72.2 Å². The molecule has 1 atom stereocenters. The highest BCUT2D eigenvalue weighted by Crippen LogP contribution is 2.24. The largest absolute Gasteiger partial charge is 0.387 e. The van der Waals surface area contributed by atoms with Gasteiger partial charge in [-0.15, -0.1) is 0 Å². The molecule has 4 aromatic rings. The van der Waals surface area contributed by atoms with Crippen molar-refractivity contribution < 1.29 is 13.5 Å². The van der Waals surface area contributed by atoms with Gasteiger partial charge in [-0.2, -0.15) is 0 Å². The average molecular weight is 392 g/mol. The van der Waals surface area contributed by atoms with Crippen molar-refractivity contribution >= 4 is 20.9 Å². The van der Waals surface area contributed by atoms with E-state index in [0.717, 1.165) is 11.1 Å². The van der Waals surface area contributed by atoms with Gasteiger partial charge in [-0.1, -0.05) is 60.7 Å². The Labute approximate surface area is 163 Å². The fourth-order valence-corrected chi connectivity index (χ4v) is 4.57. The van der Waals surface area contributed by atoms with E-state index in [1.807, 2.05) is 54.6 Å². The Balaban J connectivity index is 1.73. The first-order chi connectivity index (χ1) is 13.5. The van der Waals surface area contributed by atoms with Crippen molar-refractivity contribution in [3.05, 3.63) is 96.3 Å². The van der Waals surface area contributed by atoms with E-state index in [4.69, 9.17) is 0 Å². The Hall–Kier alpha value is -2.96. The van der Waals surface area contributed by atoms with Gasteiger partial charge in [0, 0.05) is 0 Å². The fourth-order valence-electron chi connectivity index (χ4n) is 3.27. The zero-order valence-electron chi connectivity index (χ0n) is 15.1. The highest BCUT2D eigenvalue weighted by molar-refractivity contribution is 7.90. The number of hydrogen-bond acceptors (Lipinski definition) is 4. The lowest BCUT2D eigenvalue weighted by molar-refractivity contribution is 0.157. The maximum atomic E-state index is 12.9. The standard InChI is InChI=1S/C22H20N2O3S/c25-21(17-9-3-1-4-10-17)15-24-20-14-8-7-13-19(20)23-22(24)16-28(26,27)18-11-5-2-6-12-18/h1-14,21,25H,15-16H2. The van der Waals surface area contributed by atoms with E-state index in [0.29, 0.717) is 11.3 Å². The van der Waals surface area contributed by atoms with Crippen LogP contribution in [0.4, 0.5) is 0 Å². The summed E-state index contributed by atoms with van der Waals surface area (Å²) < 4.78 is 27.5. The first-order valence-electron chi connectivity index (χ1n) is 8.99. The van der Waals surface area contributed by atoms with Crippen LogP contribution in [-0.4, -0.2) is 23.1 Å². The molecule has 5 nitrogen and oxygen atoms in total. The number of sulfone groups is 1. The molecule has 142 valence electrons. The van der Waals surface area contributed by atoms with Gasteiger partial charge in [0.05, 0.1) is 28.6 Å². The third-order valence-electron chi connectivity index (χ3n) is 4.69. The van der Waals surface area contributed by atoms with Crippen LogP contribution in [0.25, 0.3) is 11.0 Å². The third kappa shape index (κ3) is 3.69. The number of rotatable bonds is 6. The summed E-state index contributed by atoms with van der Waals surface area (Å²) in [6.45, 7) is 0.226. The van der Waals surface area contributed by atoms with Crippen molar-refractivity contribution in [2.24, 2.45) is 0 Å². The van der Waals surface area contributed by atoms with Crippen LogP contribution in [0.3, 0.4) is 0 Å². The third-order valence-corrected chi connectivity index (χ3v) is 6.32. The van der Waals surface area contributed by atoms with E-state index in [-0.39, 0.29) is 17.2 Å². The molecule has 0 amide bonds. The Bertz CT molecular complexity index is 1190. The predicted molar refractivity (Wildman–Crippen MR) is 108 cm³/mol. The summed E-state index contributed by atoms with van der Waals surface area (Å²) in [6.07, 6.45) is -0.767. The minimum atomic E-state index is -3.55. The number of imidazole rings is 1. The molecule has 0 saturated heterocycles. The van der Waals surface area contributed by atoms with E-state index in [9.17, 15) is 13.5 Å². The molecule has 0 aliphatic carbocycles. The summed E-state index contributed by atoms with van der Waals surface area (Å²) in [5.74, 6) is 0.188. The minimum absolute atomic E-state index is 0.226. The smallest absolute Gasteiger partial charge is 0.185 e. The van der Waals surface area contributed by atoms with Crippen molar-refractivity contribution in [1.82, 2.24) is 9.55 Å². The zero-order chi connectivity index (χ0) is 19.6. The molecular formula is C22H20N2O3S. The number of aliphatic hydroxyl groups is 1. The molecule has 1 heterocycles. The predicted octanol–water partition coefficient (Wildman–Crippen LogP) is 3.74. The van der Waals surface area contributed by atoms with Crippen LogP contribution in [0, 0.1) is 0 Å². The highest BCUT2D eigenvalue weighted by Gasteiger charge is 2.22. The van der Waals surface area contributed by atoms with E-state index in [1.54, 1.807) is 34.9 Å². The summed E-state index contributed by atoms with van der Waals surface area (Å²) in [4.78, 5) is 4.80. The van der Waals surface area contributed by atoms with Crippen LogP contribution in [0.5, 0.6) is 0 Å². The van der Waals surface area contributed by atoms with Crippen molar-refractivity contribution in [2.45, 2.75) is 23.3 Å². The van der Waals surface area contributed by atoms with E-state index in [1.165, 1.54) is 0 Å². The second kappa shape index (κ2) is 7.58. The Morgan fingerprint density at radius 1 is 0.857 bits per heavy atom. The van der Waals surface area contributed by atoms with Gasteiger partial charge in [-0.05, 0) is 29.8 Å². The van der Waals surface area contributed by atoms with Gasteiger partial charge < -0.3 is 9.67 Å². The second-order valence-electron chi connectivity index (χ2n) is 6.63. The lowest BCUT2D eigenvalue weighted by Gasteiger charge is -2.15. The quantitative estimate of drug-likeness (QED) is 0.542. The normalized spacial score (nSPS) is 12.9. The lowest BCUT2D eigenvalue weighted by atomic mass is 10.1. The summed E-state index contributed by atoms with van der Waals surface area (Å²) in [5.41, 5.74) is 2.29. The monoisotopic (exact) mass is 392 g/mol. The Morgan fingerprint density at radius 2 is 1.46 bits per heavy atom. The van der Waals surface area contributed by atoms with Crippen LogP contribution in [0.1, 0.15) is 17.5 Å². The number of aromatic nitrogens is 2. The maximum Gasteiger partial charge on any atom is 0.185 e. The molecule has 28 heavy (non-hydrogen) atoms. The molecule has 0 fully saturated rings. The van der Waals surface area contributed by atoms with Crippen LogP contribution < -0.4 is 0 Å².